The van der Waals surface area contributed by atoms with Gasteiger partial charge in [-0.25, -0.2) is 4.79 Å². The first-order valence-electron chi connectivity index (χ1n) is 5.27. The average molecular weight is 337 g/mol. The Hall–Kier alpha value is -1.37. The Morgan fingerprint density at radius 1 is 1.42 bits per heavy atom. The average Bonchev–Trinajstić information content (AvgIpc) is 2.28. The van der Waals surface area contributed by atoms with E-state index in [1.807, 2.05) is 0 Å². The molecule has 2 rings (SSSR count). The number of cyclic esters (lactones) is 1. The molecule has 0 spiro atoms. The fourth-order valence-electron chi connectivity index (χ4n) is 1.98. The molecule has 1 heterocycles. The van der Waals surface area contributed by atoms with Crippen molar-refractivity contribution in [2.24, 2.45) is 0 Å². The first-order valence-corrected chi connectivity index (χ1v) is 6.07. The van der Waals surface area contributed by atoms with Gasteiger partial charge in [-0.05, 0) is 24.6 Å². The number of rotatable bonds is 1. The summed E-state index contributed by atoms with van der Waals surface area (Å²) in [4.78, 5) is 23.1. The molecule has 102 valence electrons. The van der Waals surface area contributed by atoms with Gasteiger partial charge in [-0.3, -0.25) is 4.79 Å². The normalized spacial score (nSPS) is 22.7. The smallest absolute Gasteiger partial charge is 0.436 e. The van der Waals surface area contributed by atoms with E-state index in [1.54, 1.807) is 0 Å². The first-order chi connectivity index (χ1) is 8.69. The number of halogens is 4. The van der Waals surface area contributed by atoms with Crippen LogP contribution in [0, 0.1) is 0 Å². The van der Waals surface area contributed by atoms with Crippen molar-refractivity contribution in [3.63, 3.8) is 0 Å². The molecule has 0 bridgehead atoms. The van der Waals surface area contributed by atoms with Gasteiger partial charge in [-0.1, -0.05) is 22.0 Å². The van der Waals surface area contributed by atoms with Crippen LogP contribution in [0.3, 0.4) is 0 Å². The van der Waals surface area contributed by atoms with Crippen molar-refractivity contribution in [1.82, 2.24) is 0 Å². The van der Waals surface area contributed by atoms with Gasteiger partial charge in [-0.2, -0.15) is 13.2 Å². The summed E-state index contributed by atoms with van der Waals surface area (Å²) in [5.74, 6) is -2.38. The summed E-state index contributed by atoms with van der Waals surface area (Å²) in [6.45, 7) is 0.766. The Morgan fingerprint density at radius 2 is 2.05 bits per heavy atom. The maximum Gasteiger partial charge on any atom is 0.436 e. The predicted molar refractivity (Wildman–Crippen MR) is 62.7 cm³/mol. The van der Waals surface area contributed by atoms with Gasteiger partial charge in [0.15, 0.2) is 5.78 Å². The molecular formula is C12H8BrF3O3. The van der Waals surface area contributed by atoms with Crippen LogP contribution in [0.5, 0.6) is 0 Å². The molecule has 0 N–H and O–H groups in total. The molecule has 1 aliphatic rings. The minimum atomic E-state index is -4.96. The highest BCUT2D eigenvalue weighted by atomic mass is 79.9. The molecule has 0 aromatic heterocycles. The van der Waals surface area contributed by atoms with E-state index in [2.05, 4.69) is 20.7 Å². The van der Waals surface area contributed by atoms with Crippen LogP contribution >= 0.6 is 15.9 Å². The van der Waals surface area contributed by atoms with Gasteiger partial charge in [-0.15, -0.1) is 0 Å². The Labute approximate surface area is 114 Å². The van der Waals surface area contributed by atoms with Crippen molar-refractivity contribution in [3.05, 3.63) is 33.8 Å². The fourth-order valence-corrected chi connectivity index (χ4v) is 2.49. The highest BCUT2D eigenvalue weighted by molar-refractivity contribution is 9.10. The second-order valence-electron chi connectivity index (χ2n) is 4.21. The van der Waals surface area contributed by atoms with Gasteiger partial charge in [0.05, 0.1) is 5.56 Å². The van der Waals surface area contributed by atoms with Crippen molar-refractivity contribution in [3.8, 4) is 0 Å². The maximum atomic E-state index is 13.1. The van der Waals surface area contributed by atoms with Crippen LogP contribution in [0.15, 0.2) is 22.7 Å². The second kappa shape index (κ2) is 4.33. The Kier molecular flexibility index (Phi) is 3.20. The van der Waals surface area contributed by atoms with Crippen molar-refractivity contribution < 1.29 is 27.5 Å². The molecule has 7 heteroatoms. The standard InChI is InChI=1S/C12H8BrF3O3/c1-6(17)11(12(14,15)16)5-8-7(10(18)19-11)3-2-4-9(8)13/h2-4H,5H2,1H3. The molecule has 1 unspecified atom stereocenters. The highest BCUT2D eigenvalue weighted by Gasteiger charge is 2.64. The lowest BCUT2D eigenvalue weighted by Gasteiger charge is -2.36. The van der Waals surface area contributed by atoms with Gasteiger partial charge in [0.1, 0.15) is 0 Å². The molecule has 0 saturated heterocycles. The van der Waals surface area contributed by atoms with E-state index in [4.69, 9.17) is 0 Å². The predicted octanol–water partition coefficient (Wildman–Crippen LogP) is 3.05. The Balaban J connectivity index is 2.64. The van der Waals surface area contributed by atoms with Crippen molar-refractivity contribution in [2.75, 3.05) is 0 Å². The number of esters is 1. The summed E-state index contributed by atoms with van der Waals surface area (Å²) < 4.78 is 44.2. The number of benzene rings is 1. The summed E-state index contributed by atoms with van der Waals surface area (Å²) in [5, 5.41) is 0. The van der Waals surface area contributed by atoms with Crippen molar-refractivity contribution in [2.45, 2.75) is 25.1 Å². The SMILES string of the molecule is CC(=O)C1(C(F)(F)F)Cc2c(Br)cccc2C(=O)O1. The number of alkyl halides is 3. The zero-order valence-electron chi connectivity index (χ0n) is 9.68. The lowest BCUT2D eigenvalue weighted by atomic mass is 9.85. The molecule has 19 heavy (non-hydrogen) atoms. The highest BCUT2D eigenvalue weighted by Crippen LogP contribution is 2.43. The third kappa shape index (κ3) is 2.05. The number of ether oxygens (including phenoxy) is 1. The van der Waals surface area contributed by atoms with Gasteiger partial charge in [0.2, 0.25) is 0 Å². The summed E-state index contributed by atoms with van der Waals surface area (Å²) >= 11 is 3.09. The Bertz CT molecular complexity index is 568. The molecule has 0 fully saturated rings. The van der Waals surface area contributed by atoms with Crippen LogP contribution in [0.25, 0.3) is 0 Å². The fraction of sp³-hybridized carbons (Fsp3) is 0.333. The van der Waals surface area contributed by atoms with Gasteiger partial charge in [0, 0.05) is 10.9 Å². The molecule has 3 nitrogen and oxygen atoms in total. The van der Waals surface area contributed by atoms with Crippen LogP contribution in [0.4, 0.5) is 13.2 Å². The number of fused-ring (bicyclic) bond motifs is 1. The third-order valence-corrected chi connectivity index (χ3v) is 3.80. The van der Waals surface area contributed by atoms with E-state index < -0.39 is 30.0 Å². The summed E-state index contributed by atoms with van der Waals surface area (Å²) in [6.07, 6.45) is -5.67. The molecule has 1 aliphatic heterocycles. The second-order valence-corrected chi connectivity index (χ2v) is 5.07. The molecule has 0 aliphatic carbocycles. The summed E-state index contributed by atoms with van der Waals surface area (Å²) in [7, 11) is 0. The monoisotopic (exact) mass is 336 g/mol. The minimum absolute atomic E-state index is 0.0375. The van der Waals surface area contributed by atoms with E-state index >= 15 is 0 Å². The molecule has 0 amide bonds. The lowest BCUT2D eigenvalue weighted by molar-refractivity contribution is -0.250. The number of hydrogen-bond acceptors (Lipinski definition) is 3. The van der Waals surface area contributed by atoms with Gasteiger partial charge in [0.25, 0.3) is 5.60 Å². The largest absolute Gasteiger partial charge is 0.437 e. The topological polar surface area (TPSA) is 43.4 Å². The number of hydrogen-bond donors (Lipinski definition) is 0. The summed E-state index contributed by atoms with van der Waals surface area (Å²) in [6, 6.07) is 4.39. The van der Waals surface area contributed by atoms with E-state index in [0.29, 0.717) is 4.47 Å². The van der Waals surface area contributed by atoms with Crippen LogP contribution in [-0.2, 0) is 16.0 Å². The van der Waals surface area contributed by atoms with Gasteiger partial charge >= 0.3 is 12.1 Å². The number of carbonyl (C=O) groups excluding carboxylic acids is 2. The van der Waals surface area contributed by atoms with Crippen molar-refractivity contribution >= 4 is 27.7 Å². The van der Waals surface area contributed by atoms with E-state index in [-0.39, 0.29) is 11.1 Å². The van der Waals surface area contributed by atoms with Crippen LogP contribution in [-0.4, -0.2) is 23.5 Å². The zero-order valence-corrected chi connectivity index (χ0v) is 11.3. The van der Waals surface area contributed by atoms with Gasteiger partial charge < -0.3 is 4.74 Å². The molecule has 1 aromatic rings. The van der Waals surface area contributed by atoms with E-state index in [9.17, 15) is 22.8 Å². The molecule has 0 radical (unpaired) electrons. The minimum Gasteiger partial charge on any atom is -0.437 e. The number of carbonyl (C=O) groups is 2. The van der Waals surface area contributed by atoms with Crippen molar-refractivity contribution in [1.29, 1.82) is 0 Å². The Morgan fingerprint density at radius 3 is 2.58 bits per heavy atom. The van der Waals surface area contributed by atoms with Crippen LogP contribution in [0.1, 0.15) is 22.8 Å². The molecular weight excluding hydrogens is 329 g/mol. The van der Waals surface area contributed by atoms with Crippen LogP contribution in [0.2, 0.25) is 0 Å². The van der Waals surface area contributed by atoms with E-state index in [0.717, 1.165) is 6.92 Å². The van der Waals surface area contributed by atoms with Crippen LogP contribution < -0.4 is 0 Å². The molecule has 1 atom stereocenters. The summed E-state index contributed by atoms with van der Waals surface area (Å²) in [5.41, 5.74) is -2.93. The third-order valence-electron chi connectivity index (χ3n) is 3.06. The number of ketones is 1. The molecule has 0 saturated carbocycles. The van der Waals surface area contributed by atoms with E-state index in [1.165, 1.54) is 18.2 Å². The quantitative estimate of drug-likeness (QED) is 0.740. The maximum absolute atomic E-state index is 13.1. The molecule has 1 aromatic carbocycles. The number of Topliss-reactive ketones (excluding diaryl/α,β-unsaturated/α-hetero) is 1. The first kappa shape index (κ1) is 14.0. The lowest BCUT2D eigenvalue weighted by Crippen LogP contribution is -2.58. The zero-order chi connectivity index (χ0) is 14.4.